The third kappa shape index (κ3) is 4.11. The van der Waals surface area contributed by atoms with E-state index in [1.165, 1.54) is 0 Å². The Labute approximate surface area is 123 Å². The number of nitriles is 1. The number of furan rings is 1. The highest BCUT2D eigenvalue weighted by Gasteiger charge is 2.07. The normalized spacial score (nSPS) is 10.2. The molecule has 1 aromatic heterocycles. The van der Waals surface area contributed by atoms with Crippen LogP contribution in [-0.4, -0.2) is 11.9 Å². The zero-order chi connectivity index (χ0) is 15.2. The van der Waals surface area contributed by atoms with Crippen molar-refractivity contribution in [3.05, 3.63) is 53.5 Å². The minimum atomic E-state index is -0.0987. The Morgan fingerprint density at radius 2 is 2.14 bits per heavy atom. The molecule has 21 heavy (non-hydrogen) atoms. The Morgan fingerprint density at radius 3 is 2.81 bits per heavy atom. The Kier molecular flexibility index (Phi) is 4.62. The van der Waals surface area contributed by atoms with E-state index in [2.05, 4.69) is 10.6 Å². The van der Waals surface area contributed by atoms with E-state index in [-0.39, 0.29) is 17.7 Å². The number of carbonyl (C=O) groups excluding carboxylic acids is 1. The molecule has 0 saturated carbocycles. The lowest BCUT2D eigenvalue weighted by atomic mass is 10.1. The first-order valence-corrected chi connectivity index (χ1v) is 6.72. The molecular weight excluding hydrogens is 266 g/mol. The molecule has 2 N–H and O–H groups in total. The number of nitrogens with zero attached hydrogens (tertiary/aromatic N) is 1. The average Bonchev–Trinajstić information content (AvgIpc) is 2.93. The van der Waals surface area contributed by atoms with Gasteiger partial charge in [0.1, 0.15) is 11.8 Å². The summed E-state index contributed by atoms with van der Waals surface area (Å²) in [5.41, 5.74) is 1.42. The summed E-state index contributed by atoms with van der Waals surface area (Å²) in [7, 11) is 0. The van der Waals surface area contributed by atoms with Crippen molar-refractivity contribution in [1.29, 1.82) is 5.26 Å². The second-order valence-corrected chi connectivity index (χ2v) is 4.94. The maximum Gasteiger partial charge on any atom is 0.251 e. The van der Waals surface area contributed by atoms with E-state index >= 15 is 0 Å². The van der Waals surface area contributed by atoms with Gasteiger partial charge in [0, 0.05) is 17.3 Å². The molecule has 0 aliphatic heterocycles. The van der Waals surface area contributed by atoms with Crippen molar-refractivity contribution in [2.24, 2.45) is 0 Å². The van der Waals surface area contributed by atoms with Crippen LogP contribution in [0.4, 0.5) is 5.69 Å². The van der Waals surface area contributed by atoms with Crippen molar-refractivity contribution in [1.82, 2.24) is 5.32 Å². The molecule has 1 aromatic carbocycles. The standard InChI is InChI=1S/C16H17N3O2/c1-11(2)19-16(20)12-4-3-5-13(8-12)18-10-15-7-6-14(9-17)21-15/h3-8,11,18H,10H2,1-2H3,(H,19,20). The molecule has 1 amide bonds. The van der Waals surface area contributed by atoms with Gasteiger partial charge in [0.05, 0.1) is 6.54 Å². The van der Waals surface area contributed by atoms with Gasteiger partial charge >= 0.3 is 0 Å². The van der Waals surface area contributed by atoms with Gasteiger partial charge < -0.3 is 15.1 Å². The summed E-state index contributed by atoms with van der Waals surface area (Å²) in [5, 5.41) is 14.7. The fourth-order valence-electron chi connectivity index (χ4n) is 1.84. The largest absolute Gasteiger partial charge is 0.449 e. The number of anilines is 1. The highest BCUT2D eigenvalue weighted by atomic mass is 16.3. The van der Waals surface area contributed by atoms with Gasteiger partial charge in [0.25, 0.3) is 5.91 Å². The molecule has 0 aliphatic carbocycles. The molecule has 0 saturated heterocycles. The molecule has 2 aromatic rings. The zero-order valence-corrected chi connectivity index (χ0v) is 12.0. The Balaban J connectivity index is 2.01. The van der Waals surface area contributed by atoms with Crippen LogP contribution in [0.1, 0.15) is 35.7 Å². The molecule has 0 spiro atoms. The van der Waals surface area contributed by atoms with Gasteiger partial charge in [-0.15, -0.1) is 0 Å². The first-order valence-electron chi connectivity index (χ1n) is 6.72. The fourth-order valence-corrected chi connectivity index (χ4v) is 1.84. The van der Waals surface area contributed by atoms with Crippen molar-refractivity contribution in [3.8, 4) is 6.07 Å². The van der Waals surface area contributed by atoms with Crippen LogP contribution in [0.5, 0.6) is 0 Å². The van der Waals surface area contributed by atoms with E-state index in [0.29, 0.717) is 17.9 Å². The lowest BCUT2D eigenvalue weighted by Crippen LogP contribution is -2.30. The summed E-state index contributed by atoms with van der Waals surface area (Å²) in [6, 6.07) is 12.7. The van der Waals surface area contributed by atoms with Gasteiger partial charge in [-0.2, -0.15) is 5.26 Å². The molecular formula is C16H17N3O2. The van der Waals surface area contributed by atoms with E-state index < -0.39 is 0 Å². The van der Waals surface area contributed by atoms with Crippen molar-refractivity contribution < 1.29 is 9.21 Å². The zero-order valence-electron chi connectivity index (χ0n) is 12.0. The van der Waals surface area contributed by atoms with Crippen LogP contribution in [-0.2, 0) is 6.54 Å². The van der Waals surface area contributed by atoms with Crippen LogP contribution in [0.25, 0.3) is 0 Å². The molecule has 2 rings (SSSR count). The van der Waals surface area contributed by atoms with Crippen LogP contribution in [0.2, 0.25) is 0 Å². The molecule has 108 valence electrons. The Hall–Kier alpha value is -2.74. The predicted molar refractivity (Wildman–Crippen MR) is 79.8 cm³/mol. The predicted octanol–water partition coefficient (Wildman–Crippen LogP) is 2.90. The highest BCUT2D eigenvalue weighted by Crippen LogP contribution is 2.14. The SMILES string of the molecule is CC(C)NC(=O)c1cccc(NCc2ccc(C#N)o2)c1. The monoisotopic (exact) mass is 283 g/mol. The summed E-state index contributed by atoms with van der Waals surface area (Å²) in [5.74, 6) is 0.860. The molecule has 5 nitrogen and oxygen atoms in total. The van der Waals surface area contributed by atoms with Crippen LogP contribution in [0.15, 0.2) is 40.8 Å². The molecule has 0 unspecified atom stereocenters. The Morgan fingerprint density at radius 1 is 1.33 bits per heavy atom. The van der Waals surface area contributed by atoms with Gasteiger partial charge in [0.15, 0.2) is 0 Å². The number of hydrogen-bond donors (Lipinski definition) is 2. The van der Waals surface area contributed by atoms with Gasteiger partial charge in [0.2, 0.25) is 5.76 Å². The van der Waals surface area contributed by atoms with E-state index in [9.17, 15) is 4.79 Å². The molecule has 0 radical (unpaired) electrons. The molecule has 5 heteroatoms. The minimum Gasteiger partial charge on any atom is -0.449 e. The molecule has 1 heterocycles. The van der Waals surface area contributed by atoms with Gasteiger partial charge in [-0.05, 0) is 44.2 Å². The van der Waals surface area contributed by atoms with E-state index in [4.69, 9.17) is 9.68 Å². The highest BCUT2D eigenvalue weighted by molar-refractivity contribution is 5.95. The summed E-state index contributed by atoms with van der Waals surface area (Å²) in [6.45, 7) is 4.30. The van der Waals surface area contributed by atoms with Gasteiger partial charge in [-0.25, -0.2) is 0 Å². The Bertz CT molecular complexity index is 668. The molecule has 0 bridgehead atoms. The van der Waals surface area contributed by atoms with Crippen molar-refractivity contribution in [2.75, 3.05) is 5.32 Å². The van der Waals surface area contributed by atoms with E-state index in [0.717, 1.165) is 5.69 Å². The molecule has 0 fully saturated rings. The van der Waals surface area contributed by atoms with Crippen LogP contribution in [0.3, 0.4) is 0 Å². The number of carbonyl (C=O) groups is 1. The quantitative estimate of drug-likeness (QED) is 0.884. The lowest BCUT2D eigenvalue weighted by molar-refractivity contribution is 0.0943. The maximum atomic E-state index is 11.9. The number of hydrogen-bond acceptors (Lipinski definition) is 4. The van der Waals surface area contributed by atoms with E-state index in [1.54, 1.807) is 24.3 Å². The van der Waals surface area contributed by atoms with Crippen molar-refractivity contribution in [2.45, 2.75) is 26.4 Å². The van der Waals surface area contributed by atoms with Crippen LogP contribution >= 0.6 is 0 Å². The smallest absolute Gasteiger partial charge is 0.251 e. The molecule has 0 aliphatic rings. The number of nitrogens with one attached hydrogen (secondary N) is 2. The minimum absolute atomic E-state index is 0.0987. The maximum absolute atomic E-state index is 11.9. The average molecular weight is 283 g/mol. The van der Waals surface area contributed by atoms with Gasteiger partial charge in [-0.1, -0.05) is 6.07 Å². The van der Waals surface area contributed by atoms with Crippen LogP contribution in [0, 0.1) is 11.3 Å². The summed E-state index contributed by atoms with van der Waals surface area (Å²) < 4.78 is 5.28. The third-order valence-electron chi connectivity index (χ3n) is 2.78. The number of benzene rings is 1. The number of rotatable bonds is 5. The fraction of sp³-hybridized carbons (Fsp3) is 0.250. The topological polar surface area (TPSA) is 78.1 Å². The summed E-state index contributed by atoms with van der Waals surface area (Å²) in [6.07, 6.45) is 0. The second-order valence-electron chi connectivity index (χ2n) is 4.94. The summed E-state index contributed by atoms with van der Waals surface area (Å²) in [4.78, 5) is 11.9. The first kappa shape index (κ1) is 14.7. The molecule has 0 atom stereocenters. The third-order valence-corrected chi connectivity index (χ3v) is 2.78. The first-order chi connectivity index (χ1) is 10.1. The summed E-state index contributed by atoms with van der Waals surface area (Å²) >= 11 is 0. The second kappa shape index (κ2) is 6.62. The van der Waals surface area contributed by atoms with E-state index in [1.807, 2.05) is 32.0 Å². The number of amides is 1. The van der Waals surface area contributed by atoms with Gasteiger partial charge in [-0.3, -0.25) is 4.79 Å². The lowest BCUT2D eigenvalue weighted by Gasteiger charge is -2.10. The van der Waals surface area contributed by atoms with Crippen molar-refractivity contribution >= 4 is 11.6 Å². The van der Waals surface area contributed by atoms with Crippen LogP contribution < -0.4 is 10.6 Å². The van der Waals surface area contributed by atoms with Crippen molar-refractivity contribution in [3.63, 3.8) is 0 Å².